The average molecular weight is 480 g/mol. The number of hydrogen-bond acceptors (Lipinski definition) is 4. The van der Waals surface area contributed by atoms with Crippen molar-refractivity contribution in [2.75, 3.05) is 10.8 Å². The van der Waals surface area contributed by atoms with E-state index in [0.29, 0.717) is 5.02 Å². The van der Waals surface area contributed by atoms with Gasteiger partial charge in [0.2, 0.25) is 0 Å². The minimum Gasteiger partial charge on any atom is -0.271 e. The lowest BCUT2D eigenvalue weighted by molar-refractivity contribution is -0.119. The highest BCUT2D eigenvalue weighted by Gasteiger charge is 2.27. The molecule has 0 bridgehead atoms. The maximum atomic E-state index is 13.8. The summed E-state index contributed by atoms with van der Waals surface area (Å²) in [6.45, 7) is -0.568. The summed E-state index contributed by atoms with van der Waals surface area (Å²) in [4.78, 5) is 12.5. The molecule has 10 heteroatoms. The van der Waals surface area contributed by atoms with Gasteiger partial charge in [-0.1, -0.05) is 47.5 Å². The number of sulfonamides is 1. The highest BCUT2D eigenvalue weighted by atomic mass is 35.5. The summed E-state index contributed by atoms with van der Waals surface area (Å²) in [6, 6.07) is 17.8. The lowest BCUT2D eigenvalue weighted by atomic mass is 10.2. The first-order valence-electron chi connectivity index (χ1n) is 8.88. The molecule has 0 spiro atoms. The van der Waals surface area contributed by atoms with Crippen LogP contribution >= 0.6 is 23.2 Å². The minimum absolute atomic E-state index is 0.00377. The Morgan fingerprint density at radius 3 is 2.32 bits per heavy atom. The number of rotatable bonds is 7. The Bertz CT molecular complexity index is 1180. The number of hydrogen-bond donors (Lipinski definition) is 1. The third-order valence-electron chi connectivity index (χ3n) is 4.12. The zero-order valence-corrected chi connectivity index (χ0v) is 18.2. The third kappa shape index (κ3) is 5.61. The number of nitrogens with zero attached hydrogens (tertiary/aromatic N) is 2. The van der Waals surface area contributed by atoms with Gasteiger partial charge in [-0.25, -0.2) is 18.2 Å². The molecule has 0 heterocycles. The second-order valence-electron chi connectivity index (χ2n) is 6.23. The van der Waals surface area contributed by atoms with Gasteiger partial charge in [0, 0.05) is 10.6 Å². The predicted octanol–water partition coefficient (Wildman–Crippen LogP) is 4.48. The molecular weight excluding hydrogens is 464 g/mol. The molecule has 1 amide bonds. The van der Waals surface area contributed by atoms with Gasteiger partial charge in [0.05, 0.1) is 21.8 Å². The predicted molar refractivity (Wildman–Crippen MR) is 120 cm³/mol. The number of benzene rings is 3. The maximum absolute atomic E-state index is 13.8. The molecule has 0 saturated heterocycles. The number of carbonyl (C=O) groups is 1. The number of amides is 1. The standard InChI is InChI=1S/C21H16Cl2FN3O3S/c22-15-9-11-16(12-10-15)27(31(29,30)17-5-2-1-3-6-17)14-21(28)26-25-13-18-19(23)7-4-8-20(18)24/h1-13H,14H2,(H,26,28)/b25-13-. The van der Waals surface area contributed by atoms with Gasteiger partial charge in [-0.05, 0) is 48.5 Å². The van der Waals surface area contributed by atoms with Crippen LogP contribution in [0.3, 0.4) is 0 Å². The molecule has 1 N–H and O–H groups in total. The summed E-state index contributed by atoms with van der Waals surface area (Å²) < 4.78 is 41.0. The van der Waals surface area contributed by atoms with E-state index in [0.717, 1.165) is 10.5 Å². The van der Waals surface area contributed by atoms with Crippen molar-refractivity contribution < 1.29 is 17.6 Å². The Hall–Kier alpha value is -2.94. The van der Waals surface area contributed by atoms with Gasteiger partial charge in [-0.15, -0.1) is 0 Å². The van der Waals surface area contributed by atoms with Crippen LogP contribution in [0, 0.1) is 5.82 Å². The van der Waals surface area contributed by atoms with E-state index in [4.69, 9.17) is 23.2 Å². The molecule has 0 aliphatic rings. The van der Waals surface area contributed by atoms with Crippen molar-refractivity contribution in [1.29, 1.82) is 0 Å². The Balaban J connectivity index is 1.84. The first-order valence-corrected chi connectivity index (χ1v) is 11.1. The van der Waals surface area contributed by atoms with Crippen molar-refractivity contribution in [3.05, 3.63) is 94.2 Å². The van der Waals surface area contributed by atoms with E-state index in [-0.39, 0.29) is 21.2 Å². The zero-order chi connectivity index (χ0) is 22.4. The van der Waals surface area contributed by atoms with Crippen molar-refractivity contribution in [2.24, 2.45) is 5.10 Å². The van der Waals surface area contributed by atoms with E-state index in [1.165, 1.54) is 54.6 Å². The number of halogens is 3. The minimum atomic E-state index is -4.06. The highest BCUT2D eigenvalue weighted by Crippen LogP contribution is 2.25. The number of anilines is 1. The molecule has 0 aliphatic carbocycles. The van der Waals surface area contributed by atoms with Gasteiger partial charge in [-0.3, -0.25) is 9.10 Å². The van der Waals surface area contributed by atoms with Crippen molar-refractivity contribution in [3.63, 3.8) is 0 Å². The first-order chi connectivity index (χ1) is 14.8. The fourth-order valence-corrected chi connectivity index (χ4v) is 4.39. The van der Waals surface area contributed by atoms with E-state index in [9.17, 15) is 17.6 Å². The first kappa shape index (κ1) is 22.7. The third-order valence-corrected chi connectivity index (χ3v) is 6.49. The summed E-state index contributed by atoms with van der Waals surface area (Å²) in [6.07, 6.45) is 1.05. The molecule has 0 fully saturated rings. The van der Waals surface area contributed by atoms with Crippen LogP contribution in [0.2, 0.25) is 10.0 Å². The quantitative estimate of drug-likeness (QED) is 0.400. The average Bonchev–Trinajstić information content (AvgIpc) is 2.75. The molecule has 0 saturated carbocycles. The fraction of sp³-hybridized carbons (Fsp3) is 0.0476. The number of nitrogens with one attached hydrogen (secondary N) is 1. The lowest BCUT2D eigenvalue weighted by Crippen LogP contribution is -2.39. The van der Waals surface area contributed by atoms with Crippen molar-refractivity contribution >= 4 is 51.0 Å². The number of carbonyl (C=O) groups excluding carboxylic acids is 1. The van der Waals surface area contributed by atoms with Crippen LogP contribution in [-0.4, -0.2) is 27.1 Å². The van der Waals surface area contributed by atoms with Crippen LogP contribution in [0.5, 0.6) is 0 Å². The molecule has 3 aromatic carbocycles. The summed E-state index contributed by atoms with van der Waals surface area (Å²) in [7, 11) is -4.06. The van der Waals surface area contributed by atoms with E-state index in [2.05, 4.69) is 10.5 Å². The Morgan fingerprint density at radius 2 is 1.68 bits per heavy atom. The SMILES string of the molecule is O=C(CN(c1ccc(Cl)cc1)S(=O)(=O)c1ccccc1)N/N=C\c1c(F)cccc1Cl. The molecule has 3 rings (SSSR count). The van der Waals surface area contributed by atoms with Gasteiger partial charge in [-0.2, -0.15) is 5.10 Å². The van der Waals surface area contributed by atoms with Gasteiger partial charge < -0.3 is 0 Å². The topological polar surface area (TPSA) is 78.8 Å². The molecule has 0 radical (unpaired) electrons. The van der Waals surface area contributed by atoms with Gasteiger partial charge in [0.15, 0.2) is 0 Å². The summed E-state index contributed by atoms with van der Waals surface area (Å²) >= 11 is 11.8. The fourth-order valence-electron chi connectivity index (χ4n) is 2.61. The Kier molecular flexibility index (Phi) is 7.27. The molecule has 160 valence electrons. The van der Waals surface area contributed by atoms with Crippen molar-refractivity contribution in [1.82, 2.24) is 5.43 Å². The molecule has 0 atom stereocenters. The van der Waals surface area contributed by atoms with E-state index in [1.54, 1.807) is 18.2 Å². The molecule has 3 aromatic rings. The van der Waals surface area contributed by atoms with Crippen LogP contribution in [0.25, 0.3) is 0 Å². The summed E-state index contributed by atoms with van der Waals surface area (Å²) in [5, 5.41) is 4.22. The molecule has 0 aliphatic heterocycles. The van der Waals surface area contributed by atoms with Crippen LogP contribution < -0.4 is 9.73 Å². The molecule has 6 nitrogen and oxygen atoms in total. The van der Waals surface area contributed by atoms with Crippen LogP contribution in [0.1, 0.15) is 5.56 Å². The van der Waals surface area contributed by atoms with Gasteiger partial charge in [0.25, 0.3) is 15.9 Å². The summed E-state index contributed by atoms with van der Waals surface area (Å²) in [5.41, 5.74) is 2.43. The van der Waals surface area contributed by atoms with Crippen molar-refractivity contribution in [2.45, 2.75) is 4.90 Å². The van der Waals surface area contributed by atoms with E-state index in [1.807, 2.05) is 0 Å². The maximum Gasteiger partial charge on any atom is 0.264 e. The van der Waals surface area contributed by atoms with Crippen LogP contribution in [0.15, 0.2) is 82.8 Å². The van der Waals surface area contributed by atoms with Gasteiger partial charge in [0.1, 0.15) is 12.4 Å². The second-order valence-corrected chi connectivity index (χ2v) is 8.94. The van der Waals surface area contributed by atoms with Gasteiger partial charge >= 0.3 is 0 Å². The van der Waals surface area contributed by atoms with Crippen LogP contribution in [0.4, 0.5) is 10.1 Å². The highest BCUT2D eigenvalue weighted by molar-refractivity contribution is 7.92. The summed E-state index contributed by atoms with van der Waals surface area (Å²) in [5.74, 6) is -1.35. The van der Waals surface area contributed by atoms with Crippen LogP contribution in [-0.2, 0) is 14.8 Å². The van der Waals surface area contributed by atoms with E-state index < -0.39 is 28.3 Å². The van der Waals surface area contributed by atoms with E-state index >= 15 is 0 Å². The monoisotopic (exact) mass is 479 g/mol. The molecule has 0 aromatic heterocycles. The normalized spacial score (nSPS) is 11.5. The lowest BCUT2D eigenvalue weighted by Gasteiger charge is -2.23. The molecule has 0 unspecified atom stereocenters. The molecular formula is C21H16Cl2FN3O3S. The number of hydrazone groups is 1. The Labute approximate surface area is 189 Å². The largest absolute Gasteiger partial charge is 0.271 e. The Morgan fingerprint density at radius 1 is 1.00 bits per heavy atom. The second kappa shape index (κ2) is 9.91. The van der Waals surface area contributed by atoms with Crippen molar-refractivity contribution in [3.8, 4) is 0 Å². The smallest absolute Gasteiger partial charge is 0.264 e. The zero-order valence-electron chi connectivity index (χ0n) is 15.9. The molecule has 31 heavy (non-hydrogen) atoms.